The number of aryl methyl sites for hydroxylation is 1. The summed E-state index contributed by atoms with van der Waals surface area (Å²) in [7, 11) is 0. The van der Waals surface area contributed by atoms with Crippen molar-refractivity contribution in [2.24, 2.45) is 0 Å². The van der Waals surface area contributed by atoms with E-state index in [0.717, 1.165) is 30.6 Å². The number of amides is 2. The molecule has 1 saturated heterocycles. The second kappa shape index (κ2) is 8.84. The van der Waals surface area contributed by atoms with Crippen molar-refractivity contribution in [2.45, 2.75) is 52.1 Å². The Morgan fingerprint density at radius 1 is 1.26 bits per heavy atom. The molecule has 0 radical (unpaired) electrons. The van der Waals surface area contributed by atoms with E-state index in [1.54, 1.807) is 11.0 Å². The van der Waals surface area contributed by atoms with Crippen LogP contribution in [0.4, 0.5) is 0 Å². The van der Waals surface area contributed by atoms with Gasteiger partial charge in [-0.3, -0.25) is 9.59 Å². The number of carbonyl (C=O) groups excluding carboxylic acids is 2. The highest BCUT2D eigenvalue weighted by Gasteiger charge is 2.32. The summed E-state index contributed by atoms with van der Waals surface area (Å²) in [4.78, 5) is 29.3. The van der Waals surface area contributed by atoms with Crippen LogP contribution in [0, 0.1) is 0 Å². The van der Waals surface area contributed by atoms with Crippen molar-refractivity contribution in [1.29, 1.82) is 0 Å². The summed E-state index contributed by atoms with van der Waals surface area (Å²) in [5.74, 6) is 0.659. The van der Waals surface area contributed by atoms with Crippen LogP contribution in [0.3, 0.4) is 0 Å². The van der Waals surface area contributed by atoms with Gasteiger partial charge in [0.25, 0.3) is 5.91 Å². The molecule has 1 fully saturated rings. The van der Waals surface area contributed by atoms with E-state index in [9.17, 15) is 9.59 Å². The topological polar surface area (TPSA) is 66.7 Å². The summed E-state index contributed by atoms with van der Waals surface area (Å²) in [5, 5.41) is 3.93. The van der Waals surface area contributed by atoms with Gasteiger partial charge < -0.3 is 14.3 Å². The van der Waals surface area contributed by atoms with Gasteiger partial charge in [0.2, 0.25) is 5.91 Å². The Kier molecular flexibility index (Phi) is 6.27. The summed E-state index contributed by atoms with van der Waals surface area (Å²) in [6.07, 6.45) is 2.82. The number of rotatable bonds is 6. The highest BCUT2D eigenvalue weighted by molar-refractivity contribution is 5.93. The predicted molar refractivity (Wildman–Crippen MR) is 102 cm³/mol. The predicted octanol–water partition coefficient (Wildman–Crippen LogP) is 3.28. The largest absolute Gasteiger partial charge is 0.361 e. The molecule has 6 heteroatoms. The van der Waals surface area contributed by atoms with E-state index in [1.165, 1.54) is 0 Å². The molecule has 27 heavy (non-hydrogen) atoms. The fourth-order valence-electron chi connectivity index (χ4n) is 3.49. The van der Waals surface area contributed by atoms with Gasteiger partial charge in [-0.1, -0.05) is 49.3 Å². The Balaban J connectivity index is 1.74. The lowest BCUT2D eigenvalue weighted by molar-refractivity contribution is -0.133. The zero-order chi connectivity index (χ0) is 19.2. The van der Waals surface area contributed by atoms with Crippen molar-refractivity contribution in [3.8, 4) is 0 Å². The first-order chi connectivity index (χ1) is 13.1. The molecule has 0 aliphatic carbocycles. The zero-order valence-electron chi connectivity index (χ0n) is 16.1. The number of nitrogens with zero attached hydrogens (tertiary/aromatic N) is 3. The Bertz CT molecular complexity index is 772. The Labute approximate surface area is 160 Å². The smallest absolute Gasteiger partial charge is 0.276 e. The van der Waals surface area contributed by atoms with Crippen molar-refractivity contribution >= 4 is 11.8 Å². The van der Waals surface area contributed by atoms with Crippen molar-refractivity contribution < 1.29 is 14.1 Å². The highest BCUT2D eigenvalue weighted by Crippen LogP contribution is 2.19. The number of benzene rings is 1. The maximum absolute atomic E-state index is 12.9. The summed E-state index contributed by atoms with van der Waals surface area (Å²) in [6, 6.07) is 11.7. The molecular formula is C21H27N3O3. The van der Waals surface area contributed by atoms with Crippen molar-refractivity contribution in [3.05, 3.63) is 53.4 Å². The van der Waals surface area contributed by atoms with Gasteiger partial charge in [0.05, 0.1) is 0 Å². The molecule has 144 valence electrons. The van der Waals surface area contributed by atoms with Gasteiger partial charge in [0, 0.05) is 44.6 Å². The number of carbonyl (C=O) groups is 2. The quantitative estimate of drug-likeness (QED) is 0.784. The third-order valence-corrected chi connectivity index (χ3v) is 5.02. The fraction of sp³-hybridized carbons (Fsp3) is 0.476. The second-order valence-corrected chi connectivity index (χ2v) is 7.00. The maximum Gasteiger partial charge on any atom is 0.276 e. The molecule has 1 aromatic heterocycles. The van der Waals surface area contributed by atoms with E-state index in [2.05, 4.69) is 19.0 Å². The minimum absolute atomic E-state index is 0.00818. The molecule has 6 nitrogen and oxygen atoms in total. The molecule has 0 saturated carbocycles. The third kappa shape index (κ3) is 4.56. The molecular weight excluding hydrogens is 342 g/mol. The van der Waals surface area contributed by atoms with E-state index in [1.807, 2.05) is 35.2 Å². The minimum atomic E-state index is -0.158. The van der Waals surface area contributed by atoms with Crippen LogP contribution in [-0.4, -0.2) is 45.9 Å². The van der Waals surface area contributed by atoms with E-state index >= 15 is 0 Å². The van der Waals surface area contributed by atoms with Crippen LogP contribution in [0.15, 0.2) is 40.9 Å². The Morgan fingerprint density at radius 2 is 2.04 bits per heavy atom. The van der Waals surface area contributed by atoms with Crippen LogP contribution in [-0.2, 0) is 17.8 Å². The van der Waals surface area contributed by atoms with Gasteiger partial charge in [0.1, 0.15) is 5.76 Å². The first-order valence-corrected chi connectivity index (χ1v) is 9.70. The number of hydrogen-bond donors (Lipinski definition) is 0. The van der Waals surface area contributed by atoms with E-state index in [4.69, 9.17) is 4.52 Å². The van der Waals surface area contributed by atoms with Gasteiger partial charge in [-0.05, 0) is 18.4 Å². The molecule has 1 atom stereocenters. The molecule has 3 rings (SSSR count). The summed E-state index contributed by atoms with van der Waals surface area (Å²) < 4.78 is 5.25. The van der Waals surface area contributed by atoms with E-state index in [0.29, 0.717) is 31.7 Å². The number of aromatic nitrogens is 1. The van der Waals surface area contributed by atoms with E-state index < -0.39 is 0 Å². The summed E-state index contributed by atoms with van der Waals surface area (Å²) >= 11 is 0. The monoisotopic (exact) mass is 369 g/mol. The average molecular weight is 369 g/mol. The third-order valence-electron chi connectivity index (χ3n) is 5.02. The Morgan fingerprint density at radius 3 is 2.74 bits per heavy atom. The van der Waals surface area contributed by atoms with Crippen molar-refractivity contribution in [2.75, 3.05) is 13.1 Å². The van der Waals surface area contributed by atoms with Gasteiger partial charge >= 0.3 is 0 Å². The molecule has 0 N–H and O–H groups in total. The maximum atomic E-state index is 12.9. The molecule has 0 bridgehead atoms. The molecule has 2 heterocycles. The first-order valence-electron chi connectivity index (χ1n) is 9.70. The number of hydrogen-bond acceptors (Lipinski definition) is 4. The standard InChI is InChI=1S/C21H27N3O3/c1-3-8-18-13-19(22-27-18)21(26)23-12-11-20(25)24(17(4-2)15-23)14-16-9-6-5-7-10-16/h5-7,9-10,13,17H,3-4,8,11-12,14-15H2,1-2H3/t17-/m0/s1. The molecule has 1 aromatic carbocycles. The molecule has 1 aliphatic heterocycles. The van der Waals surface area contributed by atoms with E-state index in [-0.39, 0.29) is 17.9 Å². The Hall–Kier alpha value is -2.63. The van der Waals surface area contributed by atoms with Crippen LogP contribution < -0.4 is 0 Å². The molecule has 2 amide bonds. The summed E-state index contributed by atoms with van der Waals surface area (Å²) in [6.45, 7) is 5.61. The lowest BCUT2D eigenvalue weighted by Gasteiger charge is -2.31. The highest BCUT2D eigenvalue weighted by atomic mass is 16.5. The zero-order valence-corrected chi connectivity index (χ0v) is 16.1. The van der Waals surface area contributed by atoms with Crippen LogP contribution >= 0.6 is 0 Å². The molecule has 1 aliphatic rings. The van der Waals surface area contributed by atoms with Crippen molar-refractivity contribution in [1.82, 2.24) is 15.0 Å². The van der Waals surface area contributed by atoms with Crippen molar-refractivity contribution in [3.63, 3.8) is 0 Å². The molecule has 0 spiro atoms. The first kappa shape index (κ1) is 19.1. The minimum Gasteiger partial charge on any atom is -0.361 e. The lowest BCUT2D eigenvalue weighted by Crippen LogP contribution is -2.43. The van der Waals surface area contributed by atoms with Crippen LogP contribution in [0.25, 0.3) is 0 Å². The molecule has 0 unspecified atom stereocenters. The van der Waals surface area contributed by atoms with Gasteiger partial charge in [-0.2, -0.15) is 0 Å². The van der Waals surface area contributed by atoms with Gasteiger partial charge in [0.15, 0.2) is 5.69 Å². The molecule has 2 aromatic rings. The van der Waals surface area contributed by atoms with Gasteiger partial charge in [-0.15, -0.1) is 0 Å². The van der Waals surface area contributed by atoms with Crippen LogP contribution in [0.5, 0.6) is 0 Å². The SMILES string of the molecule is CCCc1cc(C(=O)N2CCC(=O)N(Cc3ccccc3)[C@@H](CC)C2)no1. The van der Waals surface area contributed by atoms with Gasteiger partial charge in [-0.25, -0.2) is 0 Å². The summed E-state index contributed by atoms with van der Waals surface area (Å²) in [5.41, 5.74) is 1.43. The second-order valence-electron chi connectivity index (χ2n) is 7.00. The average Bonchev–Trinajstić information content (AvgIpc) is 3.09. The van der Waals surface area contributed by atoms with Crippen LogP contribution in [0.2, 0.25) is 0 Å². The van der Waals surface area contributed by atoms with Crippen LogP contribution in [0.1, 0.15) is 54.9 Å². The lowest BCUT2D eigenvalue weighted by atomic mass is 10.1. The fourth-order valence-corrected chi connectivity index (χ4v) is 3.49. The normalized spacial score (nSPS) is 17.9.